The van der Waals surface area contributed by atoms with E-state index in [1.54, 1.807) is 20.3 Å². The average Bonchev–Trinajstić information content (AvgIpc) is 2.17. The molecule has 2 nitrogen and oxygen atoms in total. The summed E-state index contributed by atoms with van der Waals surface area (Å²) in [7, 11) is 3.26. The molecule has 78 valence electrons. The van der Waals surface area contributed by atoms with Crippen molar-refractivity contribution in [1.82, 2.24) is 0 Å². The molecule has 3 heteroatoms. The fourth-order valence-electron chi connectivity index (χ4n) is 1.49. The summed E-state index contributed by atoms with van der Waals surface area (Å²) in [6, 6.07) is 3.64. The predicted molar refractivity (Wildman–Crippen MR) is 58.6 cm³/mol. The van der Waals surface area contributed by atoms with E-state index in [0.717, 1.165) is 11.3 Å². The van der Waals surface area contributed by atoms with Crippen molar-refractivity contribution in [1.29, 1.82) is 0 Å². The molecule has 0 aromatic heterocycles. The van der Waals surface area contributed by atoms with Gasteiger partial charge in [-0.25, -0.2) is 0 Å². The summed E-state index contributed by atoms with van der Waals surface area (Å²) >= 11 is 6.02. The van der Waals surface area contributed by atoms with Crippen LogP contribution in [0.25, 0.3) is 0 Å². The SMILES string of the molecule is COc1ccc(Cl)c(OC)c1C(C)C. The van der Waals surface area contributed by atoms with E-state index in [2.05, 4.69) is 13.8 Å². The lowest BCUT2D eigenvalue weighted by Crippen LogP contribution is -1.99. The maximum Gasteiger partial charge on any atom is 0.144 e. The Bertz CT molecular complexity index is 321. The lowest BCUT2D eigenvalue weighted by Gasteiger charge is -2.16. The van der Waals surface area contributed by atoms with Crippen LogP contribution >= 0.6 is 11.6 Å². The normalized spacial score (nSPS) is 10.4. The first-order chi connectivity index (χ1) is 6.61. The highest BCUT2D eigenvalue weighted by Gasteiger charge is 2.16. The zero-order valence-corrected chi connectivity index (χ0v) is 9.68. The van der Waals surface area contributed by atoms with Gasteiger partial charge in [-0.15, -0.1) is 0 Å². The molecule has 0 saturated heterocycles. The molecular formula is C11H15ClO2. The van der Waals surface area contributed by atoms with E-state index < -0.39 is 0 Å². The van der Waals surface area contributed by atoms with Gasteiger partial charge in [0.05, 0.1) is 19.2 Å². The Balaban J connectivity index is 3.36. The molecule has 0 N–H and O–H groups in total. The maximum absolute atomic E-state index is 6.02. The second-order valence-electron chi connectivity index (χ2n) is 3.35. The van der Waals surface area contributed by atoms with Crippen molar-refractivity contribution in [3.63, 3.8) is 0 Å². The van der Waals surface area contributed by atoms with Gasteiger partial charge in [0.1, 0.15) is 11.5 Å². The van der Waals surface area contributed by atoms with E-state index in [1.807, 2.05) is 6.07 Å². The summed E-state index contributed by atoms with van der Waals surface area (Å²) in [5.74, 6) is 1.85. The van der Waals surface area contributed by atoms with Crippen LogP contribution in [0.15, 0.2) is 12.1 Å². The second kappa shape index (κ2) is 4.56. The molecule has 0 unspecified atom stereocenters. The van der Waals surface area contributed by atoms with Gasteiger partial charge in [-0.1, -0.05) is 25.4 Å². The highest BCUT2D eigenvalue weighted by molar-refractivity contribution is 6.32. The van der Waals surface area contributed by atoms with E-state index in [0.29, 0.717) is 16.7 Å². The first-order valence-corrected chi connectivity index (χ1v) is 4.90. The number of ether oxygens (including phenoxy) is 2. The summed E-state index contributed by atoms with van der Waals surface area (Å²) in [6.45, 7) is 4.16. The third-order valence-corrected chi connectivity index (χ3v) is 2.41. The zero-order chi connectivity index (χ0) is 10.7. The Morgan fingerprint density at radius 1 is 1.14 bits per heavy atom. The van der Waals surface area contributed by atoms with Crippen LogP contribution in [-0.2, 0) is 0 Å². The number of hydrogen-bond acceptors (Lipinski definition) is 2. The average molecular weight is 215 g/mol. The fraction of sp³-hybridized carbons (Fsp3) is 0.455. The quantitative estimate of drug-likeness (QED) is 0.767. The van der Waals surface area contributed by atoms with Gasteiger partial charge in [-0.2, -0.15) is 0 Å². The molecule has 0 spiro atoms. The van der Waals surface area contributed by atoms with E-state index in [9.17, 15) is 0 Å². The standard InChI is InChI=1S/C11H15ClO2/c1-7(2)10-9(13-3)6-5-8(12)11(10)14-4/h5-7H,1-4H3. The molecule has 0 radical (unpaired) electrons. The Labute approximate surface area is 89.8 Å². The van der Waals surface area contributed by atoms with E-state index in [4.69, 9.17) is 21.1 Å². The third kappa shape index (κ3) is 1.95. The molecule has 0 heterocycles. The highest BCUT2D eigenvalue weighted by atomic mass is 35.5. The molecule has 0 bridgehead atoms. The lowest BCUT2D eigenvalue weighted by molar-refractivity contribution is 0.382. The fourth-order valence-corrected chi connectivity index (χ4v) is 1.73. The van der Waals surface area contributed by atoms with Crippen LogP contribution in [0, 0.1) is 0 Å². The summed E-state index contributed by atoms with van der Waals surface area (Å²) < 4.78 is 10.5. The van der Waals surface area contributed by atoms with Gasteiger partial charge < -0.3 is 9.47 Å². The van der Waals surface area contributed by atoms with Crippen LogP contribution in [0.3, 0.4) is 0 Å². The molecule has 0 aliphatic rings. The van der Waals surface area contributed by atoms with Gasteiger partial charge in [0, 0.05) is 5.56 Å². The Morgan fingerprint density at radius 3 is 2.21 bits per heavy atom. The van der Waals surface area contributed by atoms with Crippen molar-refractivity contribution >= 4 is 11.6 Å². The molecule has 1 aromatic carbocycles. The molecular weight excluding hydrogens is 200 g/mol. The monoisotopic (exact) mass is 214 g/mol. The molecule has 0 atom stereocenters. The highest BCUT2D eigenvalue weighted by Crippen LogP contribution is 2.39. The predicted octanol–water partition coefficient (Wildman–Crippen LogP) is 3.48. The van der Waals surface area contributed by atoms with E-state index in [1.165, 1.54) is 0 Å². The largest absolute Gasteiger partial charge is 0.496 e. The lowest BCUT2D eigenvalue weighted by atomic mass is 10.0. The van der Waals surface area contributed by atoms with Crippen LogP contribution in [-0.4, -0.2) is 14.2 Å². The molecule has 0 saturated carbocycles. The molecule has 0 aliphatic carbocycles. The zero-order valence-electron chi connectivity index (χ0n) is 8.93. The minimum atomic E-state index is 0.318. The van der Waals surface area contributed by atoms with Crippen molar-refractivity contribution in [2.45, 2.75) is 19.8 Å². The van der Waals surface area contributed by atoms with Gasteiger partial charge in [0.25, 0.3) is 0 Å². The van der Waals surface area contributed by atoms with Gasteiger partial charge in [-0.05, 0) is 18.1 Å². The first kappa shape index (κ1) is 11.2. The van der Waals surface area contributed by atoms with Crippen LogP contribution in [0.4, 0.5) is 0 Å². The first-order valence-electron chi connectivity index (χ1n) is 4.52. The molecule has 1 aromatic rings. The van der Waals surface area contributed by atoms with Crippen molar-refractivity contribution in [2.75, 3.05) is 14.2 Å². The van der Waals surface area contributed by atoms with Gasteiger partial charge in [0.2, 0.25) is 0 Å². The summed E-state index contributed by atoms with van der Waals surface area (Å²) in [4.78, 5) is 0. The van der Waals surface area contributed by atoms with Gasteiger partial charge in [-0.3, -0.25) is 0 Å². The van der Waals surface area contributed by atoms with Crippen LogP contribution in [0.5, 0.6) is 11.5 Å². The molecule has 14 heavy (non-hydrogen) atoms. The number of benzene rings is 1. The summed E-state index contributed by atoms with van der Waals surface area (Å²) in [6.07, 6.45) is 0. The topological polar surface area (TPSA) is 18.5 Å². The van der Waals surface area contributed by atoms with Crippen molar-refractivity contribution in [3.8, 4) is 11.5 Å². The Hall–Kier alpha value is -0.890. The van der Waals surface area contributed by atoms with Crippen molar-refractivity contribution in [3.05, 3.63) is 22.7 Å². The second-order valence-corrected chi connectivity index (χ2v) is 3.76. The summed E-state index contributed by atoms with van der Waals surface area (Å²) in [5.41, 5.74) is 1.02. The minimum Gasteiger partial charge on any atom is -0.496 e. The molecule has 0 amide bonds. The van der Waals surface area contributed by atoms with Crippen molar-refractivity contribution in [2.24, 2.45) is 0 Å². The Morgan fingerprint density at radius 2 is 1.79 bits per heavy atom. The molecule has 0 aliphatic heterocycles. The van der Waals surface area contributed by atoms with Crippen LogP contribution in [0.1, 0.15) is 25.3 Å². The van der Waals surface area contributed by atoms with Crippen LogP contribution < -0.4 is 9.47 Å². The number of methoxy groups -OCH3 is 2. The van der Waals surface area contributed by atoms with Gasteiger partial charge in [0.15, 0.2) is 0 Å². The van der Waals surface area contributed by atoms with E-state index in [-0.39, 0.29) is 0 Å². The van der Waals surface area contributed by atoms with Crippen LogP contribution in [0.2, 0.25) is 5.02 Å². The third-order valence-electron chi connectivity index (χ3n) is 2.11. The van der Waals surface area contributed by atoms with Gasteiger partial charge >= 0.3 is 0 Å². The number of hydrogen-bond donors (Lipinski definition) is 0. The number of rotatable bonds is 3. The number of halogens is 1. The smallest absolute Gasteiger partial charge is 0.144 e. The van der Waals surface area contributed by atoms with E-state index >= 15 is 0 Å². The maximum atomic E-state index is 6.02. The summed E-state index contributed by atoms with van der Waals surface area (Å²) in [5, 5.41) is 0.622. The van der Waals surface area contributed by atoms with Crippen molar-refractivity contribution < 1.29 is 9.47 Å². The minimum absolute atomic E-state index is 0.318. The Kier molecular flexibility index (Phi) is 3.64. The molecule has 1 rings (SSSR count). The molecule has 0 fully saturated rings.